The maximum absolute atomic E-state index is 12.7. The molecule has 42 heavy (non-hydrogen) atoms. The molecule has 0 aliphatic rings. The second-order valence-electron chi connectivity index (χ2n) is 10.7. The molecule has 0 fully saturated rings. The van der Waals surface area contributed by atoms with Crippen LogP contribution >= 0.6 is 0 Å². The second-order valence-corrected chi connectivity index (χ2v) is 10.7. The van der Waals surface area contributed by atoms with Crippen LogP contribution in [-0.4, -0.2) is 59.9 Å². The number of carbonyl (C=O) groups is 2. The van der Waals surface area contributed by atoms with Crippen molar-refractivity contribution in [3.8, 4) is 0 Å². The van der Waals surface area contributed by atoms with E-state index in [4.69, 9.17) is 0 Å². The van der Waals surface area contributed by atoms with Crippen molar-refractivity contribution in [3.05, 3.63) is 108 Å². The zero-order valence-electron chi connectivity index (χ0n) is 23.6. The fourth-order valence-electron chi connectivity index (χ4n) is 5.26. The van der Waals surface area contributed by atoms with Crippen molar-refractivity contribution in [1.29, 1.82) is 0 Å². The Balaban J connectivity index is 0.917. The number of carbonyl (C=O) groups excluding carboxylic acids is 2. The molecule has 0 saturated carbocycles. The molecule has 2 amide bonds. The lowest BCUT2D eigenvalue weighted by molar-refractivity contribution is 0.0946. The van der Waals surface area contributed by atoms with Crippen molar-refractivity contribution in [2.24, 2.45) is 0 Å². The normalized spacial score (nSPS) is 11.5. The van der Waals surface area contributed by atoms with Crippen LogP contribution in [0.5, 0.6) is 0 Å². The zero-order chi connectivity index (χ0) is 28.9. The molecule has 0 radical (unpaired) electrons. The number of benzene rings is 4. The zero-order valence-corrected chi connectivity index (χ0v) is 23.6. The van der Waals surface area contributed by atoms with Gasteiger partial charge in [-0.3, -0.25) is 9.59 Å². The van der Waals surface area contributed by atoms with Gasteiger partial charge in [-0.05, 0) is 93.6 Å². The molecule has 0 spiro atoms. The van der Waals surface area contributed by atoms with E-state index in [0.29, 0.717) is 24.2 Å². The van der Waals surface area contributed by atoms with Gasteiger partial charge in [0.15, 0.2) is 0 Å². The molecule has 6 rings (SSSR count). The summed E-state index contributed by atoms with van der Waals surface area (Å²) in [6.45, 7) is 2.90. The Morgan fingerprint density at radius 3 is 1.48 bits per heavy atom. The van der Waals surface area contributed by atoms with E-state index in [2.05, 4.69) is 44.7 Å². The lowest BCUT2D eigenvalue weighted by Gasteiger charge is -2.17. The first kappa shape index (κ1) is 27.3. The Hall–Kier alpha value is -4.88. The summed E-state index contributed by atoms with van der Waals surface area (Å²) >= 11 is 0. The predicted molar refractivity (Wildman–Crippen MR) is 170 cm³/mol. The van der Waals surface area contributed by atoms with Gasteiger partial charge in [-0.2, -0.15) is 0 Å². The van der Waals surface area contributed by atoms with Crippen molar-refractivity contribution in [1.82, 2.24) is 25.5 Å². The number of hydrogen-bond donors (Lipinski definition) is 2. The smallest absolute Gasteiger partial charge is 0.251 e. The third-order valence-corrected chi connectivity index (χ3v) is 7.56. The Kier molecular flexibility index (Phi) is 8.01. The predicted octanol–water partition coefficient (Wildman–Crippen LogP) is 5.96. The van der Waals surface area contributed by atoms with Crippen molar-refractivity contribution in [3.63, 3.8) is 0 Å². The number of fused-ring (bicyclic) bond motifs is 4. The summed E-state index contributed by atoms with van der Waals surface area (Å²) in [5.41, 5.74) is 4.94. The summed E-state index contributed by atoms with van der Waals surface area (Å²) in [4.78, 5) is 37.1. The first-order valence-electron chi connectivity index (χ1n) is 14.4. The number of para-hydroxylation sites is 2. The largest absolute Gasteiger partial charge is 0.352 e. The molecule has 7 heteroatoms. The Labute approximate surface area is 244 Å². The highest BCUT2D eigenvalue weighted by Crippen LogP contribution is 2.22. The maximum atomic E-state index is 12.7. The summed E-state index contributed by atoms with van der Waals surface area (Å²) in [6.07, 6.45) is 1.68. The molecule has 2 aromatic heterocycles. The van der Waals surface area contributed by atoms with E-state index in [1.54, 1.807) is 0 Å². The molecule has 0 unspecified atom stereocenters. The average Bonchev–Trinajstić information content (AvgIpc) is 3.02. The van der Waals surface area contributed by atoms with Crippen molar-refractivity contribution in [2.45, 2.75) is 12.8 Å². The third kappa shape index (κ3) is 6.21. The Morgan fingerprint density at radius 2 is 1.00 bits per heavy atom. The molecule has 0 bridgehead atoms. The summed E-state index contributed by atoms with van der Waals surface area (Å²) in [7, 11) is 2.06. The molecule has 0 saturated heterocycles. The number of hydrogen-bond acceptors (Lipinski definition) is 5. The number of nitrogens with zero attached hydrogens (tertiary/aromatic N) is 3. The monoisotopic (exact) mass is 555 g/mol. The van der Waals surface area contributed by atoms with Gasteiger partial charge < -0.3 is 15.5 Å². The molecular formula is C35H33N5O2. The van der Waals surface area contributed by atoms with Crippen LogP contribution in [0.25, 0.3) is 43.6 Å². The molecule has 6 aromatic rings. The van der Waals surface area contributed by atoms with Gasteiger partial charge in [-0.25, -0.2) is 9.97 Å². The van der Waals surface area contributed by atoms with Crippen LogP contribution in [-0.2, 0) is 0 Å². The van der Waals surface area contributed by atoms with Crippen LogP contribution in [0, 0.1) is 0 Å². The molecule has 2 N–H and O–H groups in total. The van der Waals surface area contributed by atoms with Crippen molar-refractivity contribution in [2.75, 3.05) is 33.2 Å². The Bertz CT molecular complexity index is 1780. The number of pyridine rings is 2. The molecule has 4 aromatic carbocycles. The average molecular weight is 556 g/mol. The van der Waals surface area contributed by atoms with Gasteiger partial charge in [0.25, 0.3) is 11.8 Å². The van der Waals surface area contributed by atoms with Gasteiger partial charge in [-0.1, -0.05) is 36.4 Å². The minimum atomic E-state index is -0.0758. The van der Waals surface area contributed by atoms with Crippen LogP contribution in [0.1, 0.15) is 33.6 Å². The van der Waals surface area contributed by atoms with Crippen LogP contribution in [0.2, 0.25) is 0 Å². The summed E-state index contributed by atoms with van der Waals surface area (Å²) in [6, 6.07) is 31.4. The molecular weight excluding hydrogens is 522 g/mol. The van der Waals surface area contributed by atoms with Gasteiger partial charge >= 0.3 is 0 Å². The van der Waals surface area contributed by atoms with Gasteiger partial charge in [0.2, 0.25) is 0 Å². The topological polar surface area (TPSA) is 87.2 Å². The van der Waals surface area contributed by atoms with Gasteiger partial charge in [-0.15, -0.1) is 0 Å². The molecule has 2 heterocycles. The van der Waals surface area contributed by atoms with Gasteiger partial charge in [0.1, 0.15) is 0 Å². The summed E-state index contributed by atoms with van der Waals surface area (Å²) in [5.74, 6) is -0.152. The third-order valence-electron chi connectivity index (χ3n) is 7.56. The van der Waals surface area contributed by atoms with Crippen LogP contribution in [0.4, 0.5) is 0 Å². The molecule has 7 nitrogen and oxygen atoms in total. The van der Waals surface area contributed by atoms with Crippen LogP contribution in [0.15, 0.2) is 97.1 Å². The van der Waals surface area contributed by atoms with Crippen LogP contribution in [0.3, 0.4) is 0 Å². The standard InChI is InChI=1S/C35H33N5O2/c1-40(18-6-16-36-34(41)26-12-14-32-28(22-26)20-24-8-2-4-10-30(24)38-32)19-7-17-37-35(42)27-13-15-33-29(23-27)21-25-9-3-5-11-31(25)39-33/h2-5,8-15,20-23H,6-7,16-19H2,1H3,(H,36,41)(H,37,42). The van der Waals surface area contributed by atoms with E-state index in [-0.39, 0.29) is 11.8 Å². The number of nitrogens with one attached hydrogen (secondary N) is 2. The summed E-state index contributed by atoms with van der Waals surface area (Å²) in [5, 5.41) is 10.1. The number of amides is 2. The van der Waals surface area contributed by atoms with Crippen molar-refractivity contribution < 1.29 is 9.59 Å². The fraction of sp³-hybridized carbons (Fsp3) is 0.200. The van der Waals surface area contributed by atoms with Gasteiger partial charge in [0.05, 0.1) is 22.1 Å². The lowest BCUT2D eigenvalue weighted by atomic mass is 10.1. The minimum absolute atomic E-state index is 0.0758. The second kappa shape index (κ2) is 12.3. The number of aromatic nitrogens is 2. The van der Waals surface area contributed by atoms with E-state index in [1.165, 1.54) is 0 Å². The van der Waals surface area contributed by atoms with E-state index in [9.17, 15) is 9.59 Å². The maximum Gasteiger partial charge on any atom is 0.251 e. The SMILES string of the molecule is CN(CCCNC(=O)c1ccc2nc3ccccc3cc2c1)CCCNC(=O)c1ccc2nc3ccccc3cc2c1. The highest BCUT2D eigenvalue weighted by molar-refractivity contribution is 6.01. The number of rotatable bonds is 10. The minimum Gasteiger partial charge on any atom is -0.352 e. The van der Waals surface area contributed by atoms with E-state index in [1.807, 2.05) is 84.9 Å². The Morgan fingerprint density at radius 1 is 0.571 bits per heavy atom. The van der Waals surface area contributed by atoms with E-state index in [0.717, 1.165) is 69.5 Å². The van der Waals surface area contributed by atoms with E-state index >= 15 is 0 Å². The highest BCUT2D eigenvalue weighted by Gasteiger charge is 2.10. The summed E-state index contributed by atoms with van der Waals surface area (Å²) < 4.78 is 0. The first-order chi connectivity index (χ1) is 20.5. The van der Waals surface area contributed by atoms with Gasteiger partial charge in [0, 0.05) is 45.8 Å². The first-order valence-corrected chi connectivity index (χ1v) is 14.4. The fourth-order valence-corrected chi connectivity index (χ4v) is 5.26. The molecule has 210 valence electrons. The lowest BCUT2D eigenvalue weighted by Crippen LogP contribution is -2.30. The quantitative estimate of drug-likeness (QED) is 0.161. The molecule has 0 aliphatic heterocycles. The highest BCUT2D eigenvalue weighted by atomic mass is 16.2. The van der Waals surface area contributed by atoms with Crippen LogP contribution < -0.4 is 10.6 Å². The van der Waals surface area contributed by atoms with Crippen molar-refractivity contribution >= 4 is 55.4 Å². The molecule has 0 aliphatic carbocycles. The van der Waals surface area contributed by atoms with E-state index < -0.39 is 0 Å². The molecule has 0 atom stereocenters.